The molecular weight excluding hydrogens is 260 g/mol. The first kappa shape index (κ1) is 18.6. The molecule has 0 aliphatic heterocycles. The van der Waals surface area contributed by atoms with Crippen LogP contribution in [0.5, 0.6) is 0 Å². The first-order chi connectivity index (χ1) is 9.52. The fourth-order valence-electron chi connectivity index (χ4n) is 1.93. The number of rotatable bonds is 11. The van der Waals surface area contributed by atoms with Crippen LogP contribution in [0.25, 0.3) is 0 Å². The van der Waals surface area contributed by atoms with Crippen LogP contribution in [0.4, 0.5) is 0 Å². The third kappa shape index (κ3) is 8.67. The summed E-state index contributed by atoms with van der Waals surface area (Å²) in [6.07, 6.45) is 4.30. The molecule has 116 valence electrons. The van der Waals surface area contributed by atoms with Crippen molar-refractivity contribution in [3.63, 3.8) is 0 Å². The van der Waals surface area contributed by atoms with Gasteiger partial charge in [-0.3, -0.25) is 14.4 Å². The predicted molar refractivity (Wildman–Crippen MR) is 75.1 cm³/mol. The molecule has 20 heavy (non-hydrogen) atoms. The van der Waals surface area contributed by atoms with Gasteiger partial charge in [-0.05, 0) is 33.6 Å². The number of Topliss-reactive ketones (excluding diaryl/α,β-unsaturated/α-hetero) is 1. The Balaban J connectivity index is 3.77. The van der Waals surface area contributed by atoms with Gasteiger partial charge in [0.15, 0.2) is 0 Å². The quantitative estimate of drug-likeness (QED) is 0.332. The number of carbonyl (C=O) groups is 3. The van der Waals surface area contributed by atoms with E-state index >= 15 is 0 Å². The lowest BCUT2D eigenvalue weighted by atomic mass is 9.97. The number of hydrogen-bond acceptors (Lipinski definition) is 5. The van der Waals surface area contributed by atoms with Crippen molar-refractivity contribution in [3.05, 3.63) is 0 Å². The first-order valence-corrected chi connectivity index (χ1v) is 7.35. The summed E-state index contributed by atoms with van der Waals surface area (Å²) in [5, 5.41) is 0. The van der Waals surface area contributed by atoms with Gasteiger partial charge in [-0.1, -0.05) is 19.3 Å². The zero-order valence-electron chi connectivity index (χ0n) is 12.8. The molecule has 0 aromatic carbocycles. The van der Waals surface area contributed by atoms with E-state index < -0.39 is 11.9 Å². The molecule has 0 N–H and O–H groups in total. The summed E-state index contributed by atoms with van der Waals surface area (Å²) in [6, 6.07) is 0. The van der Waals surface area contributed by atoms with Crippen molar-refractivity contribution < 1.29 is 23.9 Å². The molecule has 0 aromatic heterocycles. The largest absolute Gasteiger partial charge is 0.466 e. The van der Waals surface area contributed by atoms with Crippen LogP contribution >= 0.6 is 0 Å². The third-order valence-electron chi connectivity index (χ3n) is 2.99. The summed E-state index contributed by atoms with van der Waals surface area (Å²) in [6.45, 7) is 5.64. The molecule has 0 aliphatic rings. The Labute approximate surface area is 121 Å². The zero-order valence-corrected chi connectivity index (χ0v) is 12.8. The van der Waals surface area contributed by atoms with Crippen LogP contribution < -0.4 is 0 Å². The van der Waals surface area contributed by atoms with Gasteiger partial charge in [-0.25, -0.2) is 0 Å². The summed E-state index contributed by atoms with van der Waals surface area (Å²) in [5.41, 5.74) is 0. The third-order valence-corrected chi connectivity index (χ3v) is 2.99. The maximum Gasteiger partial charge on any atom is 0.316 e. The second-order valence-electron chi connectivity index (χ2n) is 4.67. The van der Waals surface area contributed by atoms with Crippen molar-refractivity contribution >= 4 is 17.7 Å². The number of esters is 2. The Bertz CT molecular complexity index is 311. The Hall–Kier alpha value is -1.39. The van der Waals surface area contributed by atoms with E-state index in [0.717, 1.165) is 25.7 Å². The van der Waals surface area contributed by atoms with Gasteiger partial charge >= 0.3 is 11.9 Å². The second kappa shape index (κ2) is 11.4. The molecule has 0 spiro atoms. The van der Waals surface area contributed by atoms with Crippen molar-refractivity contribution in [1.82, 2.24) is 0 Å². The van der Waals surface area contributed by atoms with Crippen molar-refractivity contribution in [2.24, 2.45) is 5.92 Å². The number of unbranched alkanes of at least 4 members (excludes halogenated alkanes) is 3. The van der Waals surface area contributed by atoms with Crippen LogP contribution in [0, 0.1) is 5.92 Å². The number of ether oxygens (including phenoxy) is 2. The molecule has 5 heteroatoms. The summed E-state index contributed by atoms with van der Waals surface area (Å²) in [5.74, 6) is -1.37. The van der Waals surface area contributed by atoms with E-state index in [0.29, 0.717) is 26.1 Å². The van der Waals surface area contributed by atoms with Crippen LogP contribution in [0.15, 0.2) is 0 Å². The predicted octanol–water partition coefficient (Wildman–Crippen LogP) is 2.66. The van der Waals surface area contributed by atoms with Crippen molar-refractivity contribution in [2.45, 2.75) is 59.3 Å². The number of ketones is 1. The highest BCUT2D eigenvalue weighted by Crippen LogP contribution is 2.14. The molecule has 0 unspecified atom stereocenters. The Morgan fingerprint density at radius 3 is 2.05 bits per heavy atom. The molecule has 0 rings (SSSR count). The molecule has 0 amide bonds. The Morgan fingerprint density at radius 2 is 1.50 bits per heavy atom. The normalized spacial score (nSPS) is 11.8. The maximum absolute atomic E-state index is 11.6. The summed E-state index contributed by atoms with van der Waals surface area (Å²) in [7, 11) is 0. The van der Waals surface area contributed by atoms with E-state index in [2.05, 4.69) is 0 Å². The summed E-state index contributed by atoms with van der Waals surface area (Å²) >= 11 is 0. The van der Waals surface area contributed by atoms with Gasteiger partial charge in [0.1, 0.15) is 11.7 Å². The van der Waals surface area contributed by atoms with Gasteiger partial charge in [0.2, 0.25) is 0 Å². The molecular formula is C15H26O5. The lowest BCUT2D eigenvalue weighted by Crippen LogP contribution is -2.24. The average molecular weight is 286 g/mol. The van der Waals surface area contributed by atoms with Gasteiger partial charge < -0.3 is 9.47 Å². The van der Waals surface area contributed by atoms with Gasteiger partial charge in [0.25, 0.3) is 0 Å². The highest BCUT2D eigenvalue weighted by atomic mass is 16.5. The minimum atomic E-state index is -0.639. The maximum atomic E-state index is 11.6. The van der Waals surface area contributed by atoms with Crippen LogP contribution in [0.2, 0.25) is 0 Å². The van der Waals surface area contributed by atoms with Gasteiger partial charge in [0, 0.05) is 6.42 Å². The van der Waals surface area contributed by atoms with E-state index in [1.54, 1.807) is 13.8 Å². The zero-order chi connectivity index (χ0) is 15.4. The first-order valence-electron chi connectivity index (χ1n) is 7.35. The standard InChI is InChI=1S/C15H26O5/c1-4-19-14(17)11-9-7-6-8-10-13(12(3)16)15(18)20-5-2/h13H,4-11H2,1-3H3/t13-/m0/s1. The molecule has 0 saturated carbocycles. The van der Waals surface area contributed by atoms with Crippen LogP contribution in [-0.2, 0) is 23.9 Å². The van der Waals surface area contributed by atoms with Crippen LogP contribution in [0.1, 0.15) is 59.3 Å². The average Bonchev–Trinajstić information content (AvgIpc) is 2.37. The summed E-state index contributed by atoms with van der Waals surface area (Å²) < 4.78 is 9.71. The lowest BCUT2D eigenvalue weighted by Gasteiger charge is -2.12. The molecule has 0 bridgehead atoms. The van der Waals surface area contributed by atoms with Crippen molar-refractivity contribution in [1.29, 1.82) is 0 Å². The van der Waals surface area contributed by atoms with E-state index in [1.165, 1.54) is 6.92 Å². The molecule has 1 atom stereocenters. The van der Waals surface area contributed by atoms with E-state index in [4.69, 9.17) is 9.47 Å². The highest BCUT2D eigenvalue weighted by Gasteiger charge is 2.23. The molecule has 0 heterocycles. The molecule has 0 aliphatic carbocycles. The second-order valence-corrected chi connectivity index (χ2v) is 4.67. The monoisotopic (exact) mass is 286 g/mol. The fraction of sp³-hybridized carbons (Fsp3) is 0.800. The minimum absolute atomic E-state index is 0.144. The van der Waals surface area contributed by atoms with E-state index in [-0.39, 0.29) is 11.8 Å². The minimum Gasteiger partial charge on any atom is -0.466 e. The SMILES string of the molecule is CCOC(=O)CCCCCC[C@@H](C(C)=O)C(=O)OCC. The van der Waals surface area contributed by atoms with E-state index in [1.807, 2.05) is 0 Å². The molecule has 0 saturated heterocycles. The smallest absolute Gasteiger partial charge is 0.316 e. The molecule has 0 aromatic rings. The molecule has 0 radical (unpaired) electrons. The van der Waals surface area contributed by atoms with Crippen molar-refractivity contribution in [3.8, 4) is 0 Å². The van der Waals surface area contributed by atoms with Crippen molar-refractivity contribution in [2.75, 3.05) is 13.2 Å². The van der Waals surface area contributed by atoms with Crippen LogP contribution in [0.3, 0.4) is 0 Å². The fourth-order valence-corrected chi connectivity index (χ4v) is 1.93. The molecule has 0 fully saturated rings. The Morgan fingerprint density at radius 1 is 0.900 bits per heavy atom. The number of hydrogen-bond donors (Lipinski definition) is 0. The van der Waals surface area contributed by atoms with Gasteiger partial charge in [-0.2, -0.15) is 0 Å². The topological polar surface area (TPSA) is 69.7 Å². The van der Waals surface area contributed by atoms with Gasteiger partial charge in [-0.15, -0.1) is 0 Å². The summed E-state index contributed by atoms with van der Waals surface area (Å²) in [4.78, 5) is 34.0. The van der Waals surface area contributed by atoms with Gasteiger partial charge in [0.05, 0.1) is 13.2 Å². The molecule has 5 nitrogen and oxygen atoms in total. The highest BCUT2D eigenvalue weighted by molar-refractivity contribution is 5.97. The number of carbonyl (C=O) groups excluding carboxylic acids is 3. The Kier molecular flexibility index (Phi) is 10.6. The van der Waals surface area contributed by atoms with E-state index in [9.17, 15) is 14.4 Å². The lowest BCUT2D eigenvalue weighted by molar-refractivity contribution is -0.151. The van der Waals surface area contributed by atoms with Crippen LogP contribution in [-0.4, -0.2) is 30.9 Å².